The number of rotatable bonds is 4. The fourth-order valence-corrected chi connectivity index (χ4v) is 2.29. The summed E-state index contributed by atoms with van der Waals surface area (Å²) in [5.41, 5.74) is 2.59. The number of carbonyl (C=O) groups is 2. The lowest BCUT2D eigenvalue weighted by atomic mass is 9.97. The van der Waals surface area contributed by atoms with E-state index in [-0.39, 0.29) is 17.5 Å². The van der Waals surface area contributed by atoms with Crippen molar-refractivity contribution in [2.75, 3.05) is 0 Å². The summed E-state index contributed by atoms with van der Waals surface area (Å²) in [7, 11) is 0. The molecule has 0 bridgehead atoms. The van der Waals surface area contributed by atoms with E-state index in [4.69, 9.17) is 0 Å². The third-order valence-electron chi connectivity index (χ3n) is 3.23. The van der Waals surface area contributed by atoms with Gasteiger partial charge in [-0.15, -0.1) is 0 Å². The third kappa shape index (κ3) is 2.38. The van der Waals surface area contributed by atoms with Crippen LogP contribution in [-0.2, 0) is 22.4 Å². The standard InChI is InChI=1S/C14H16O2/c1-10(15)6-7-14(16)13-8-11-4-2-3-5-12(11)9-13/h2-5,13H,6-9H2,1H3. The quantitative estimate of drug-likeness (QED) is 0.774. The van der Waals surface area contributed by atoms with Crippen LogP contribution in [0.2, 0.25) is 0 Å². The Balaban J connectivity index is 1.96. The van der Waals surface area contributed by atoms with Crippen LogP contribution in [0.1, 0.15) is 30.9 Å². The van der Waals surface area contributed by atoms with E-state index in [0.717, 1.165) is 12.8 Å². The number of benzene rings is 1. The fourth-order valence-electron chi connectivity index (χ4n) is 2.29. The van der Waals surface area contributed by atoms with Crippen molar-refractivity contribution in [1.29, 1.82) is 0 Å². The average Bonchev–Trinajstić information content (AvgIpc) is 2.69. The Labute approximate surface area is 95.7 Å². The van der Waals surface area contributed by atoms with E-state index in [2.05, 4.69) is 12.1 Å². The monoisotopic (exact) mass is 216 g/mol. The Morgan fingerprint density at radius 1 is 1.12 bits per heavy atom. The molecule has 0 atom stereocenters. The van der Waals surface area contributed by atoms with Crippen LogP contribution < -0.4 is 0 Å². The molecule has 0 saturated heterocycles. The molecule has 0 N–H and O–H groups in total. The van der Waals surface area contributed by atoms with Gasteiger partial charge in [0.25, 0.3) is 0 Å². The summed E-state index contributed by atoms with van der Waals surface area (Å²) >= 11 is 0. The zero-order chi connectivity index (χ0) is 11.5. The molecule has 0 spiro atoms. The van der Waals surface area contributed by atoms with Gasteiger partial charge < -0.3 is 4.79 Å². The molecule has 1 aliphatic carbocycles. The van der Waals surface area contributed by atoms with Crippen molar-refractivity contribution in [2.24, 2.45) is 5.92 Å². The van der Waals surface area contributed by atoms with Gasteiger partial charge in [-0.25, -0.2) is 0 Å². The second kappa shape index (κ2) is 4.60. The molecule has 0 radical (unpaired) electrons. The van der Waals surface area contributed by atoms with Gasteiger partial charge in [-0.1, -0.05) is 24.3 Å². The van der Waals surface area contributed by atoms with Crippen molar-refractivity contribution in [2.45, 2.75) is 32.6 Å². The first-order chi connectivity index (χ1) is 7.66. The van der Waals surface area contributed by atoms with E-state index in [0.29, 0.717) is 12.8 Å². The molecule has 2 rings (SSSR count). The van der Waals surface area contributed by atoms with Gasteiger partial charge in [0, 0.05) is 18.8 Å². The van der Waals surface area contributed by atoms with Crippen LogP contribution in [0.15, 0.2) is 24.3 Å². The Kier molecular flexibility index (Phi) is 3.18. The molecular formula is C14H16O2. The molecule has 0 unspecified atom stereocenters. The Bertz CT molecular complexity index is 395. The van der Waals surface area contributed by atoms with Gasteiger partial charge in [0.05, 0.1) is 0 Å². The zero-order valence-corrected chi connectivity index (χ0v) is 9.53. The molecule has 16 heavy (non-hydrogen) atoms. The van der Waals surface area contributed by atoms with Crippen molar-refractivity contribution < 1.29 is 9.59 Å². The first kappa shape index (κ1) is 11.1. The molecular weight excluding hydrogens is 200 g/mol. The molecule has 2 nitrogen and oxygen atoms in total. The van der Waals surface area contributed by atoms with Gasteiger partial charge in [-0.05, 0) is 30.9 Å². The lowest BCUT2D eigenvalue weighted by molar-refractivity contribution is -0.125. The number of fused-ring (bicyclic) bond motifs is 1. The van der Waals surface area contributed by atoms with Crippen LogP contribution in [0.3, 0.4) is 0 Å². The van der Waals surface area contributed by atoms with E-state index in [1.807, 2.05) is 12.1 Å². The Morgan fingerprint density at radius 2 is 1.69 bits per heavy atom. The summed E-state index contributed by atoms with van der Waals surface area (Å²) < 4.78 is 0. The minimum absolute atomic E-state index is 0.101. The van der Waals surface area contributed by atoms with Gasteiger partial charge in [-0.2, -0.15) is 0 Å². The summed E-state index contributed by atoms with van der Waals surface area (Å²) in [6.45, 7) is 1.54. The van der Waals surface area contributed by atoms with Crippen LogP contribution in [0.5, 0.6) is 0 Å². The maximum atomic E-state index is 11.9. The van der Waals surface area contributed by atoms with Crippen LogP contribution in [0.25, 0.3) is 0 Å². The molecule has 0 aliphatic heterocycles. The number of hydrogen-bond donors (Lipinski definition) is 0. The second-order valence-electron chi connectivity index (χ2n) is 4.54. The van der Waals surface area contributed by atoms with E-state index in [1.165, 1.54) is 18.1 Å². The number of hydrogen-bond acceptors (Lipinski definition) is 2. The molecule has 84 valence electrons. The second-order valence-corrected chi connectivity index (χ2v) is 4.54. The minimum atomic E-state index is 0.101. The van der Waals surface area contributed by atoms with Gasteiger partial charge in [0.2, 0.25) is 0 Å². The predicted octanol–water partition coefficient (Wildman–Crippen LogP) is 2.34. The molecule has 1 aromatic carbocycles. The molecule has 0 heterocycles. The first-order valence-corrected chi connectivity index (χ1v) is 5.75. The van der Waals surface area contributed by atoms with Gasteiger partial charge in [0.1, 0.15) is 11.6 Å². The highest BCUT2D eigenvalue weighted by molar-refractivity contribution is 5.87. The van der Waals surface area contributed by atoms with Crippen molar-refractivity contribution in [3.63, 3.8) is 0 Å². The van der Waals surface area contributed by atoms with Gasteiger partial charge >= 0.3 is 0 Å². The number of ketones is 2. The molecule has 0 saturated carbocycles. The van der Waals surface area contributed by atoms with Crippen LogP contribution in [0.4, 0.5) is 0 Å². The SMILES string of the molecule is CC(=O)CCC(=O)C1Cc2ccccc2C1. The predicted molar refractivity (Wildman–Crippen MR) is 62.3 cm³/mol. The average molecular weight is 216 g/mol. The maximum Gasteiger partial charge on any atom is 0.137 e. The first-order valence-electron chi connectivity index (χ1n) is 5.75. The van der Waals surface area contributed by atoms with Crippen molar-refractivity contribution in [3.8, 4) is 0 Å². The Hall–Kier alpha value is -1.44. The highest BCUT2D eigenvalue weighted by Crippen LogP contribution is 2.27. The lowest BCUT2D eigenvalue weighted by Gasteiger charge is -2.06. The highest BCUT2D eigenvalue weighted by Gasteiger charge is 2.26. The molecule has 0 fully saturated rings. The summed E-state index contributed by atoms with van der Waals surface area (Å²) in [5, 5.41) is 0. The summed E-state index contributed by atoms with van der Waals surface area (Å²) in [5.74, 6) is 0.451. The van der Waals surface area contributed by atoms with E-state index in [9.17, 15) is 9.59 Å². The topological polar surface area (TPSA) is 34.1 Å². The van der Waals surface area contributed by atoms with E-state index in [1.54, 1.807) is 0 Å². The van der Waals surface area contributed by atoms with E-state index < -0.39 is 0 Å². The summed E-state index contributed by atoms with van der Waals surface area (Å²) in [4.78, 5) is 22.7. The van der Waals surface area contributed by atoms with Crippen LogP contribution in [0, 0.1) is 5.92 Å². The van der Waals surface area contributed by atoms with Crippen LogP contribution in [-0.4, -0.2) is 11.6 Å². The lowest BCUT2D eigenvalue weighted by Crippen LogP contribution is -2.15. The largest absolute Gasteiger partial charge is 0.300 e. The maximum absolute atomic E-state index is 11.9. The zero-order valence-electron chi connectivity index (χ0n) is 9.53. The smallest absolute Gasteiger partial charge is 0.137 e. The van der Waals surface area contributed by atoms with Crippen molar-refractivity contribution in [3.05, 3.63) is 35.4 Å². The van der Waals surface area contributed by atoms with Gasteiger partial charge in [0.15, 0.2) is 0 Å². The fraction of sp³-hybridized carbons (Fsp3) is 0.429. The Morgan fingerprint density at radius 3 is 2.19 bits per heavy atom. The molecule has 2 heteroatoms. The summed E-state index contributed by atoms with van der Waals surface area (Å²) in [6, 6.07) is 8.21. The van der Waals surface area contributed by atoms with Crippen molar-refractivity contribution >= 4 is 11.6 Å². The molecule has 1 aliphatic rings. The normalized spacial score (nSPS) is 14.8. The molecule has 1 aromatic rings. The molecule has 0 aromatic heterocycles. The van der Waals surface area contributed by atoms with Crippen molar-refractivity contribution in [1.82, 2.24) is 0 Å². The van der Waals surface area contributed by atoms with Gasteiger partial charge in [-0.3, -0.25) is 4.79 Å². The third-order valence-corrected chi connectivity index (χ3v) is 3.23. The number of carbonyl (C=O) groups excluding carboxylic acids is 2. The summed E-state index contributed by atoms with van der Waals surface area (Å²) in [6.07, 6.45) is 2.51. The minimum Gasteiger partial charge on any atom is -0.300 e. The number of Topliss-reactive ketones (excluding diaryl/α,β-unsaturated/α-hetero) is 2. The van der Waals surface area contributed by atoms with Crippen LogP contribution >= 0.6 is 0 Å². The molecule has 0 amide bonds. The highest BCUT2D eigenvalue weighted by atomic mass is 16.1. The van der Waals surface area contributed by atoms with E-state index >= 15 is 0 Å².